The molecule has 1 unspecified atom stereocenters. The number of hydrazine groups is 1. The van der Waals surface area contributed by atoms with Crippen molar-refractivity contribution >= 4 is 15.5 Å². The number of rotatable bonds is 8. The van der Waals surface area contributed by atoms with Gasteiger partial charge in [0.2, 0.25) is 9.84 Å². The number of nitrogens with two attached hydrogens (primary N) is 1. The van der Waals surface area contributed by atoms with E-state index in [9.17, 15) is 8.42 Å². The van der Waals surface area contributed by atoms with E-state index in [0.29, 0.717) is 5.69 Å². The molecule has 0 amide bonds. The summed E-state index contributed by atoms with van der Waals surface area (Å²) in [4.78, 5) is 0.939. The second-order valence-electron chi connectivity index (χ2n) is 5.51. The quantitative estimate of drug-likeness (QED) is 0.432. The molecule has 0 aliphatic rings. The van der Waals surface area contributed by atoms with Crippen LogP contribution in [0.1, 0.15) is 34.6 Å². The molecule has 0 bridgehead atoms. The van der Waals surface area contributed by atoms with Crippen LogP contribution in [-0.2, 0) is 14.6 Å². The van der Waals surface area contributed by atoms with Gasteiger partial charge in [-0.05, 0) is 58.1 Å². The molecule has 1 rings (SSSR count). The first kappa shape index (κ1) is 18.9. The van der Waals surface area contributed by atoms with Gasteiger partial charge in [-0.3, -0.25) is 10.7 Å². The highest BCUT2D eigenvalue weighted by Crippen LogP contribution is 2.29. The molecule has 0 spiro atoms. The first-order chi connectivity index (χ1) is 10.2. The summed E-state index contributed by atoms with van der Waals surface area (Å²) >= 11 is 0. The number of nitrogen functional groups attached to an aromatic ring is 1. The molecule has 0 aromatic heterocycles. The zero-order valence-corrected chi connectivity index (χ0v) is 14.8. The Labute approximate surface area is 133 Å². The van der Waals surface area contributed by atoms with Gasteiger partial charge in [-0.2, -0.15) is 0 Å². The van der Waals surface area contributed by atoms with Crippen molar-refractivity contribution in [2.75, 3.05) is 18.5 Å². The molecule has 0 aliphatic heterocycles. The van der Waals surface area contributed by atoms with Crippen molar-refractivity contribution < 1.29 is 13.2 Å². The Hall–Kier alpha value is -1.15. The highest BCUT2D eigenvalue weighted by molar-refractivity contribution is 7.92. The Morgan fingerprint density at radius 2 is 1.73 bits per heavy atom. The highest BCUT2D eigenvalue weighted by atomic mass is 32.2. The first-order valence-corrected chi connectivity index (χ1v) is 8.91. The van der Waals surface area contributed by atoms with Gasteiger partial charge in [-0.1, -0.05) is 13.8 Å². The fourth-order valence-electron chi connectivity index (χ4n) is 2.30. The van der Waals surface area contributed by atoms with Crippen LogP contribution >= 0.6 is 0 Å². The Bertz CT molecular complexity index is 566. The maximum atomic E-state index is 12.8. The first-order valence-electron chi connectivity index (χ1n) is 7.42. The number of nitrogens with one attached hydrogen (secondary N) is 1. The van der Waals surface area contributed by atoms with Crippen LogP contribution in [0.3, 0.4) is 0 Å². The van der Waals surface area contributed by atoms with Crippen LogP contribution in [0.2, 0.25) is 0 Å². The number of sulfone groups is 1. The predicted octanol–water partition coefficient (Wildman–Crippen LogP) is 2.19. The van der Waals surface area contributed by atoms with E-state index in [0.717, 1.165) is 13.1 Å². The molecule has 0 aliphatic carbocycles. The van der Waals surface area contributed by atoms with Crippen LogP contribution in [-0.4, -0.2) is 37.6 Å². The molecule has 1 aromatic carbocycles. The number of nitrogens with zero attached hydrogens (tertiary/aromatic N) is 1. The third kappa shape index (κ3) is 3.98. The van der Waals surface area contributed by atoms with Gasteiger partial charge in [0.1, 0.15) is 6.23 Å². The van der Waals surface area contributed by atoms with Crippen molar-refractivity contribution in [1.29, 1.82) is 0 Å². The van der Waals surface area contributed by atoms with Gasteiger partial charge >= 0.3 is 0 Å². The van der Waals surface area contributed by atoms with Gasteiger partial charge < -0.3 is 10.2 Å². The number of benzene rings is 1. The summed E-state index contributed by atoms with van der Waals surface area (Å²) in [5.41, 5.74) is 3.12. The highest BCUT2D eigenvalue weighted by Gasteiger charge is 2.38. The average molecular weight is 329 g/mol. The summed E-state index contributed by atoms with van der Waals surface area (Å²) in [5.74, 6) is 5.29. The fourth-order valence-corrected chi connectivity index (χ4v) is 3.63. The molecule has 3 N–H and O–H groups in total. The lowest BCUT2D eigenvalue weighted by Crippen LogP contribution is -2.44. The molecule has 0 heterocycles. The lowest BCUT2D eigenvalue weighted by molar-refractivity contribution is -0.0918. The predicted molar refractivity (Wildman–Crippen MR) is 89.0 cm³/mol. The minimum Gasteiger partial charge on any atom is -0.341 e. The van der Waals surface area contributed by atoms with Crippen LogP contribution in [0.5, 0.6) is 0 Å². The van der Waals surface area contributed by atoms with Crippen molar-refractivity contribution in [3.8, 4) is 0 Å². The van der Waals surface area contributed by atoms with Gasteiger partial charge in [0.05, 0.1) is 4.90 Å². The van der Waals surface area contributed by atoms with E-state index >= 15 is 0 Å². The Balaban J connectivity index is 3.02. The Kier molecular flexibility index (Phi) is 6.37. The third-order valence-electron chi connectivity index (χ3n) is 3.76. The zero-order valence-electron chi connectivity index (χ0n) is 14.0. The molecule has 7 heteroatoms. The van der Waals surface area contributed by atoms with E-state index in [1.165, 1.54) is 12.1 Å². The van der Waals surface area contributed by atoms with E-state index in [-0.39, 0.29) is 11.1 Å². The van der Waals surface area contributed by atoms with Crippen LogP contribution in [0.25, 0.3) is 0 Å². The molecular formula is C15H27N3O3S. The van der Waals surface area contributed by atoms with E-state index in [2.05, 4.69) is 10.3 Å². The van der Waals surface area contributed by atoms with Gasteiger partial charge in [0, 0.05) is 5.69 Å². The molecule has 0 radical (unpaired) electrons. The molecular weight excluding hydrogens is 302 g/mol. The van der Waals surface area contributed by atoms with Crippen molar-refractivity contribution in [1.82, 2.24) is 4.90 Å². The van der Waals surface area contributed by atoms with E-state index in [1.54, 1.807) is 26.0 Å². The summed E-state index contributed by atoms with van der Waals surface area (Å²) in [6.45, 7) is 10.7. The van der Waals surface area contributed by atoms with Gasteiger partial charge in [-0.25, -0.2) is 8.42 Å². The standard InChI is InChI=1S/C15H27N3O3S/c1-6-18(7-2)12(3)21-15(4,5)22(19,20)14-10-8-13(17-16)9-11-14/h8-12,17H,6-7,16H2,1-5H3. The number of ether oxygens (including phenoxy) is 1. The average Bonchev–Trinajstić information content (AvgIpc) is 2.47. The number of anilines is 1. The van der Waals surface area contributed by atoms with Crippen LogP contribution < -0.4 is 11.3 Å². The third-order valence-corrected chi connectivity index (χ3v) is 6.04. The fraction of sp³-hybridized carbons (Fsp3) is 0.600. The van der Waals surface area contributed by atoms with Gasteiger partial charge in [0.25, 0.3) is 0 Å². The summed E-state index contributed by atoms with van der Waals surface area (Å²) < 4.78 is 31.4. The molecule has 126 valence electrons. The summed E-state index contributed by atoms with van der Waals surface area (Å²) in [6, 6.07) is 6.29. The maximum absolute atomic E-state index is 12.8. The SMILES string of the molecule is CCN(CC)C(C)OC(C)(C)S(=O)(=O)c1ccc(NN)cc1. The lowest BCUT2D eigenvalue weighted by atomic mass is 10.3. The minimum atomic E-state index is -3.63. The summed E-state index contributed by atoms with van der Waals surface area (Å²) in [5, 5.41) is 0. The molecule has 0 fully saturated rings. The maximum Gasteiger partial charge on any atom is 0.207 e. The normalized spacial score (nSPS) is 14.1. The smallest absolute Gasteiger partial charge is 0.207 e. The van der Waals surface area contributed by atoms with Crippen LogP contribution in [0.15, 0.2) is 29.2 Å². The van der Waals surface area contributed by atoms with Crippen molar-refractivity contribution in [3.05, 3.63) is 24.3 Å². The second-order valence-corrected chi connectivity index (χ2v) is 7.97. The van der Waals surface area contributed by atoms with Crippen molar-refractivity contribution in [2.24, 2.45) is 5.84 Å². The van der Waals surface area contributed by atoms with Crippen molar-refractivity contribution in [3.63, 3.8) is 0 Å². The van der Waals surface area contributed by atoms with Gasteiger partial charge in [0.15, 0.2) is 4.93 Å². The Morgan fingerprint density at radius 1 is 1.23 bits per heavy atom. The largest absolute Gasteiger partial charge is 0.341 e. The lowest BCUT2D eigenvalue weighted by Gasteiger charge is -2.34. The van der Waals surface area contributed by atoms with E-state index < -0.39 is 14.8 Å². The topological polar surface area (TPSA) is 84.7 Å². The molecule has 1 aromatic rings. The second kappa shape index (κ2) is 7.41. The summed E-state index contributed by atoms with van der Waals surface area (Å²) in [7, 11) is -3.63. The molecule has 22 heavy (non-hydrogen) atoms. The minimum absolute atomic E-state index is 0.211. The van der Waals surface area contributed by atoms with E-state index in [1.807, 2.05) is 20.8 Å². The summed E-state index contributed by atoms with van der Waals surface area (Å²) in [6.07, 6.45) is -0.287. The number of hydrogen-bond acceptors (Lipinski definition) is 6. The Morgan fingerprint density at radius 3 is 2.14 bits per heavy atom. The monoisotopic (exact) mass is 329 g/mol. The molecule has 0 saturated carbocycles. The molecule has 6 nitrogen and oxygen atoms in total. The molecule has 0 saturated heterocycles. The van der Waals surface area contributed by atoms with Gasteiger partial charge in [-0.15, -0.1) is 0 Å². The number of hydrogen-bond donors (Lipinski definition) is 2. The zero-order chi connectivity index (χ0) is 17.0. The van der Waals surface area contributed by atoms with E-state index in [4.69, 9.17) is 10.6 Å². The van der Waals surface area contributed by atoms with Crippen LogP contribution in [0.4, 0.5) is 5.69 Å². The molecule has 1 atom stereocenters. The van der Waals surface area contributed by atoms with Crippen molar-refractivity contribution in [2.45, 2.75) is 50.7 Å². The van der Waals surface area contributed by atoms with Crippen LogP contribution in [0, 0.1) is 0 Å².